The number of nitrogens with zero attached hydrogens (tertiary/aromatic N) is 4. The van der Waals surface area contributed by atoms with E-state index < -0.39 is 5.91 Å². The average Bonchev–Trinajstić information content (AvgIpc) is 3.47. The topological polar surface area (TPSA) is 126 Å². The van der Waals surface area contributed by atoms with Crippen molar-refractivity contribution in [1.82, 2.24) is 14.9 Å². The van der Waals surface area contributed by atoms with Gasteiger partial charge in [-0.15, -0.1) is 0 Å². The van der Waals surface area contributed by atoms with E-state index in [1.165, 1.54) is 6.20 Å². The maximum absolute atomic E-state index is 13.0. The minimum atomic E-state index is -0.558. The normalized spacial score (nSPS) is 20.5. The van der Waals surface area contributed by atoms with Crippen molar-refractivity contribution in [3.8, 4) is 0 Å². The zero-order valence-corrected chi connectivity index (χ0v) is 18.5. The maximum atomic E-state index is 13.0. The molecule has 1 aromatic carbocycles. The lowest BCUT2D eigenvalue weighted by molar-refractivity contribution is -0.134. The van der Waals surface area contributed by atoms with E-state index in [9.17, 15) is 9.59 Å². The number of hydrogen-bond donors (Lipinski definition) is 3. The number of hydrogen-bond acceptors (Lipinski definition) is 8. The summed E-state index contributed by atoms with van der Waals surface area (Å²) in [4.78, 5) is 37.5. The third-order valence-corrected chi connectivity index (χ3v) is 6.26. The number of carbonyl (C=O) groups is 2. The summed E-state index contributed by atoms with van der Waals surface area (Å²) in [5.41, 5.74) is 7.51. The van der Waals surface area contributed by atoms with E-state index in [-0.39, 0.29) is 17.5 Å². The Hall–Kier alpha value is -3.40. The van der Waals surface area contributed by atoms with Gasteiger partial charge >= 0.3 is 0 Å². The number of nitrogens with two attached hydrogens (primary N) is 1. The maximum Gasteiger partial charge on any atom is 0.254 e. The molecule has 0 bridgehead atoms. The first-order valence-electron chi connectivity index (χ1n) is 11.5. The van der Waals surface area contributed by atoms with Gasteiger partial charge in [-0.05, 0) is 49.9 Å². The van der Waals surface area contributed by atoms with Gasteiger partial charge in [-0.1, -0.05) is 0 Å². The van der Waals surface area contributed by atoms with Crippen LogP contribution in [-0.4, -0.2) is 71.6 Å². The van der Waals surface area contributed by atoms with Gasteiger partial charge < -0.3 is 30.9 Å². The minimum absolute atomic E-state index is 0.146. The monoisotopic (exact) mass is 451 g/mol. The molecule has 1 atom stereocenters. The SMILES string of the molecule is NC(=O)c1cnc(Nc2ccc(N3CCOCC3C(=O)N3CCCC3)cc2)nc1NC1CC1. The smallest absolute Gasteiger partial charge is 0.254 e. The molecule has 4 N–H and O–H groups in total. The second kappa shape index (κ2) is 9.22. The molecule has 2 saturated heterocycles. The zero-order chi connectivity index (χ0) is 22.8. The van der Waals surface area contributed by atoms with Crippen molar-refractivity contribution in [2.45, 2.75) is 37.8 Å². The summed E-state index contributed by atoms with van der Waals surface area (Å²) in [5, 5.41) is 6.42. The van der Waals surface area contributed by atoms with Crippen molar-refractivity contribution in [2.24, 2.45) is 5.73 Å². The van der Waals surface area contributed by atoms with E-state index >= 15 is 0 Å². The number of morpholine rings is 1. The Labute approximate surface area is 192 Å². The fraction of sp³-hybridized carbons (Fsp3) is 0.478. The summed E-state index contributed by atoms with van der Waals surface area (Å²) < 4.78 is 5.63. The van der Waals surface area contributed by atoms with Crippen molar-refractivity contribution in [3.05, 3.63) is 36.0 Å². The molecule has 1 aliphatic carbocycles. The highest BCUT2D eigenvalue weighted by molar-refractivity contribution is 5.97. The van der Waals surface area contributed by atoms with Crippen LogP contribution in [0, 0.1) is 0 Å². The molecule has 10 nitrogen and oxygen atoms in total. The van der Waals surface area contributed by atoms with Gasteiger partial charge in [-0.25, -0.2) is 4.98 Å². The lowest BCUT2D eigenvalue weighted by Gasteiger charge is -2.38. The Balaban J connectivity index is 1.30. The van der Waals surface area contributed by atoms with Crippen molar-refractivity contribution in [2.75, 3.05) is 48.4 Å². The molecule has 1 unspecified atom stereocenters. The fourth-order valence-electron chi connectivity index (χ4n) is 4.28. The molecule has 10 heteroatoms. The van der Waals surface area contributed by atoms with Crippen molar-refractivity contribution in [3.63, 3.8) is 0 Å². The first-order chi connectivity index (χ1) is 16.1. The molecule has 2 aliphatic heterocycles. The lowest BCUT2D eigenvalue weighted by atomic mass is 10.1. The van der Waals surface area contributed by atoms with Crippen LogP contribution >= 0.6 is 0 Å². The van der Waals surface area contributed by atoms with Crippen LogP contribution in [-0.2, 0) is 9.53 Å². The number of anilines is 4. The van der Waals surface area contributed by atoms with Crippen LogP contribution in [0.5, 0.6) is 0 Å². The Morgan fingerprint density at radius 3 is 2.55 bits per heavy atom. The molecule has 33 heavy (non-hydrogen) atoms. The van der Waals surface area contributed by atoms with Gasteiger partial charge in [0.05, 0.1) is 18.8 Å². The van der Waals surface area contributed by atoms with E-state index in [1.807, 2.05) is 29.2 Å². The predicted octanol–water partition coefficient (Wildman–Crippen LogP) is 1.72. The minimum Gasteiger partial charge on any atom is -0.377 e. The van der Waals surface area contributed by atoms with Gasteiger partial charge in [0, 0.05) is 43.2 Å². The van der Waals surface area contributed by atoms with Gasteiger partial charge in [-0.3, -0.25) is 9.59 Å². The molecular formula is C23H29N7O3. The molecule has 174 valence electrons. The quantitative estimate of drug-likeness (QED) is 0.581. The van der Waals surface area contributed by atoms with E-state index in [0.29, 0.717) is 37.6 Å². The predicted molar refractivity (Wildman–Crippen MR) is 125 cm³/mol. The van der Waals surface area contributed by atoms with Gasteiger partial charge in [0.1, 0.15) is 11.9 Å². The number of aromatic nitrogens is 2. The van der Waals surface area contributed by atoms with Crippen molar-refractivity contribution >= 4 is 35.0 Å². The molecule has 0 spiro atoms. The van der Waals surface area contributed by atoms with E-state index in [2.05, 4.69) is 25.5 Å². The molecule has 1 saturated carbocycles. The number of likely N-dealkylation sites (tertiary alicyclic amines) is 1. The van der Waals surface area contributed by atoms with Crippen LogP contribution in [0.15, 0.2) is 30.5 Å². The first kappa shape index (κ1) is 21.4. The molecule has 2 aromatic rings. The molecule has 1 aromatic heterocycles. The second-order valence-electron chi connectivity index (χ2n) is 8.73. The average molecular weight is 452 g/mol. The highest BCUT2D eigenvalue weighted by Gasteiger charge is 2.34. The van der Waals surface area contributed by atoms with Crippen LogP contribution in [0.4, 0.5) is 23.1 Å². The first-order valence-corrected chi connectivity index (χ1v) is 11.5. The molecule has 3 heterocycles. The van der Waals surface area contributed by atoms with Gasteiger partial charge in [0.25, 0.3) is 5.91 Å². The third-order valence-electron chi connectivity index (χ3n) is 6.26. The molecule has 3 aliphatic rings. The summed E-state index contributed by atoms with van der Waals surface area (Å²) in [5.74, 6) is 0.422. The number of primary amides is 1. The van der Waals surface area contributed by atoms with Gasteiger partial charge in [0.2, 0.25) is 11.9 Å². The number of rotatable bonds is 7. The van der Waals surface area contributed by atoms with Crippen molar-refractivity contribution < 1.29 is 14.3 Å². The van der Waals surface area contributed by atoms with E-state index in [0.717, 1.165) is 50.1 Å². The van der Waals surface area contributed by atoms with Crippen LogP contribution in [0.25, 0.3) is 0 Å². The second-order valence-corrected chi connectivity index (χ2v) is 8.73. The summed E-state index contributed by atoms with van der Waals surface area (Å²) in [7, 11) is 0. The Bertz CT molecular complexity index is 1020. The van der Waals surface area contributed by atoms with Gasteiger partial charge in [0.15, 0.2) is 0 Å². The number of ether oxygens (including phenoxy) is 1. The molecule has 3 fully saturated rings. The summed E-state index contributed by atoms with van der Waals surface area (Å²) >= 11 is 0. The Kier molecular flexibility index (Phi) is 5.99. The summed E-state index contributed by atoms with van der Waals surface area (Å²) in [6.07, 6.45) is 5.68. The standard InChI is InChI=1S/C23H29N7O3/c24-20(31)18-13-25-23(28-21(18)26-15-3-4-15)27-16-5-7-17(8-6-16)30-11-12-33-14-19(30)22(32)29-9-1-2-10-29/h5-8,13,15,19H,1-4,9-12,14H2,(H2,24,31)(H2,25,26,27,28). The number of benzene rings is 1. The largest absolute Gasteiger partial charge is 0.377 e. The van der Waals surface area contributed by atoms with Gasteiger partial charge in [-0.2, -0.15) is 4.98 Å². The fourth-order valence-corrected chi connectivity index (χ4v) is 4.28. The van der Waals surface area contributed by atoms with E-state index in [4.69, 9.17) is 10.5 Å². The third kappa shape index (κ3) is 4.85. The van der Waals surface area contributed by atoms with Crippen LogP contribution < -0.4 is 21.3 Å². The van der Waals surface area contributed by atoms with E-state index in [1.54, 1.807) is 0 Å². The Morgan fingerprint density at radius 2 is 1.85 bits per heavy atom. The van der Waals surface area contributed by atoms with Crippen LogP contribution in [0.2, 0.25) is 0 Å². The molecule has 0 radical (unpaired) electrons. The van der Waals surface area contributed by atoms with Crippen LogP contribution in [0.1, 0.15) is 36.0 Å². The summed E-state index contributed by atoms with van der Waals surface area (Å²) in [6.45, 7) is 3.34. The molecule has 2 amide bonds. The van der Waals surface area contributed by atoms with Crippen LogP contribution in [0.3, 0.4) is 0 Å². The highest BCUT2D eigenvalue weighted by Crippen LogP contribution is 2.28. The lowest BCUT2D eigenvalue weighted by Crippen LogP contribution is -2.54. The number of carbonyl (C=O) groups excluding carboxylic acids is 2. The zero-order valence-electron chi connectivity index (χ0n) is 18.5. The number of amides is 2. The van der Waals surface area contributed by atoms with Crippen molar-refractivity contribution in [1.29, 1.82) is 0 Å². The number of nitrogens with one attached hydrogen (secondary N) is 2. The molecular weight excluding hydrogens is 422 g/mol. The highest BCUT2D eigenvalue weighted by atomic mass is 16.5. The summed E-state index contributed by atoms with van der Waals surface area (Å²) in [6, 6.07) is 7.87. The Morgan fingerprint density at radius 1 is 1.09 bits per heavy atom. The molecule has 5 rings (SSSR count).